The minimum atomic E-state index is -0.961. The zero-order chi connectivity index (χ0) is 32.6. The van der Waals surface area contributed by atoms with Crippen LogP contribution < -0.4 is 10.6 Å². The average molecular weight is 632 g/mol. The quantitative estimate of drug-likeness (QED) is 0.226. The predicted octanol–water partition coefficient (Wildman–Crippen LogP) is 4.99. The molecule has 0 unspecified atom stereocenters. The van der Waals surface area contributed by atoms with Crippen LogP contribution in [0.4, 0.5) is 4.79 Å². The van der Waals surface area contributed by atoms with Crippen LogP contribution >= 0.6 is 0 Å². The molecular weight excluding hydrogens is 594 g/mol. The maximum Gasteiger partial charge on any atom is 0.407 e. The highest BCUT2D eigenvalue weighted by molar-refractivity contribution is 5.93. The van der Waals surface area contributed by atoms with Gasteiger partial charge in [0.05, 0.1) is 0 Å². The van der Waals surface area contributed by atoms with Gasteiger partial charge in [0.2, 0.25) is 11.8 Å². The topological polar surface area (TPSA) is 114 Å². The van der Waals surface area contributed by atoms with Crippen molar-refractivity contribution in [2.75, 3.05) is 19.7 Å². The number of amides is 3. The molecule has 4 aromatic rings. The molecule has 2 N–H and O–H groups in total. The van der Waals surface area contributed by atoms with E-state index < -0.39 is 30.1 Å². The molecule has 0 radical (unpaired) electrons. The number of hydrogen-bond donors (Lipinski definition) is 2. The van der Waals surface area contributed by atoms with Gasteiger partial charge in [0.25, 0.3) is 0 Å². The summed E-state index contributed by atoms with van der Waals surface area (Å²) in [7, 11) is 0. The third-order valence-electron chi connectivity index (χ3n) is 8.70. The van der Waals surface area contributed by atoms with E-state index in [0.29, 0.717) is 19.4 Å². The summed E-state index contributed by atoms with van der Waals surface area (Å²) >= 11 is 0. The Bertz CT molecular complexity index is 1680. The highest BCUT2D eigenvalue weighted by atomic mass is 16.5. The number of carbonyl (C=O) groups excluding carboxylic acids is 4. The van der Waals surface area contributed by atoms with Crippen molar-refractivity contribution in [1.29, 1.82) is 0 Å². The molecule has 0 spiro atoms. The number of alkyl carbamates (subject to hydrolysis) is 1. The fraction of sp³-hybridized carbons (Fsp3) is 0.263. The smallest absolute Gasteiger partial charge is 0.407 e. The van der Waals surface area contributed by atoms with Gasteiger partial charge in [-0.05, 0) is 46.2 Å². The lowest BCUT2D eigenvalue weighted by atomic mass is 9.98. The molecular formula is C38H37N3O6. The van der Waals surface area contributed by atoms with Gasteiger partial charge in [0.15, 0.2) is 0 Å². The Morgan fingerprint density at radius 3 is 2.00 bits per heavy atom. The van der Waals surface area contributed by atoms with Crippen molar-refractivity contribution in [2.24, 2.45) is 0 Å². The fourth-order valence-electron chi connectivity index (χ4n) is 6.40. The van der Waals surface area contributed by atoms with E-state index in [1.807, 2.05) is 97.1 Å². The number of rotatable bonds is 11. The molecule has 4 aromatic carbocycles. The number of nitrogens with one attached hydrogen (secondary N) is 2. The third-order valence-corrected chi connectivity index (χ3v) is 8.70. The largest absolute Gasteiger partial charge is 0.460 e. The molecule has 9 heteroatoms. The Kier molecular flexibility index (Phi) is 9.91. The van der Waals surface area contributed by atoms with Gasteiger partial charge in [-0.3, -0.25) is 14.4 Å². The molecule has 6 rings (SSSR count). The molecule has 1 saturated heterocycles. The molecule has 1 fully saturated rings. The Morgan fingerprint density at radius 2 is 1.34 bits per heavy atom. The molecule has 9 nitrogen and oxygen atoms in total. The van der Waals surface area contributed by atoms with Gasteiger partial charge in [-0.25, -0.2) is 4.79 Å². The summed E-state index contributed by atoms with van der Waals surface area (Å²) in [4.78, 5) is 54.2. The van der Waals surface area contributed by atoms with Crippen LogP contribution in [-0.2, 0) is 36.9 Å². The summed E-state index contributed by atoms with van der Waals surface area (Å²) in [6.45, 7) is 0.260. The van der Waals surface area contributed by atoms with E-state index in [0.717, 1.165) is 33.4 Å². The SMILES string of the molecule is O=C(CNC(=O)[C@@H]1CCCN1C(=O)[C@H](Cc1ccccc1)NC(=O)OCC1c2ccccc2-c2ccccc21)OCc1ccccc1. The van der Waals surface area contributed by atoms with Gasteiger partial charge in [-0.15, -0.1) is 0 Å². The van der Waals surface area contributed by atoms with E-state index >= 15 is 0 Å². The molecule has 1 aliphatic heterocycles. The summed E-state index contributed by atoms with van der Waals surface area (Å²) in [5.41, 5.74) is 6.12. The number of ether oxygens (including phenoxy) is 2. The first-order valence-corrected chi connectivity index (χ1v) is 15.9. The zero-order valence-corrected chi connectivity index (χ0v) is 26.0. The molecule has 0 bridgehead atoms. The van der Waals surface area contributed by atoms with Crippen LogP contribution in [-0.4, -0.2) is 60.6 Å². The maximum absolute atomic E-state index is 14.0. The summed E-state index contributed by atoms with van der Waals surface area (Å²) in [6.07, 6.45) is 0.577. The molecule has 0 saturated carbocycles. The van der Waals surface area contributed by atoms with Gasteiger partial charge in [0.1, 0.15) is 31.8 Å². The molecule has 1 heterocycles. The minimum Gasteiger partial charge on any atom is -0.460 e. The van der Waals surface area contributed by atoms with Crippen LogP contribution in [0.15, 0.2) is 109 Å². The highest BCUT2D eigenvalue weighted by Gasteiger charge is 2.38. The van der Waals surface area contributed by atoms with Crippen molar-refractivity contribution in [3.63, 3.8) is 0 Å². The Hall–Kier alpha value is -5.44. The second kappa shape index (κ2) is 14.8. The molecule has 3 amide bonds. The average Bonchev–Trinajstić information content (AvgIpc) is 3.73. The Balaban J connectivity index is 1.09. The van der Waals surface area contributed by atoms with Crippen LogP contribution in [0.5, 0.6) is 0 Å². The summed E-state index contributed by atoms with van der Waals surface area (Å²) in [5, 5.41) is 5.42. The number of hydrogen-bond acceptors (Lipinski definition) is 6. The van der Waals surface area contributed by atoms with E-state index in [2.05, 4.69) is 22.8 Å². The number of carbonyl (C=O) groups is 4. The number of benzene rings is 4. The monoisotopic (exact) mass is 631 g/mol. The van der Waals surface area contributed by atoms with E-state index in [4.69, 9.17) is 9.47 Å². The molecule has 0 aromatic heterocycles. The minimum absolute atomic E-state index is 0.103. The molecule has 2 atom stereocenters. The van der Waals surface area contributed by atoms with E-state index in [9.17, 15) is 19.2 Å². The van der Waals surface area contributed by atoms with Crippen molar-refractivity contribution in [2.45, 2.75) is 43.9 Å². The van der Waals surface area contributed by atoms with Crippen LogP contribution in [0.1, 0.15) is 41.0 Å². The van der Waals surface area contributed by atoms with Crippen LogP contribution in [0.25, 0.3) is 11.1 Å². The van der Waals surface area contributed by atoms with Crippen molar-refractivity contribution >= 4 is 23.9 Å². The van der Waals surface area contributed by atoms with Crippen molar-refractivity contribution in [3.05, 3.63) is 131 Å². The first kappa shape index (κ1) is 31.5. The van der Waals surface area contributed by atoms with Gasteiger partial charge in [0, 0.05) is 18.9 Å². The first-order valence-electron chi connectivity index (χ1n) is 15.9. The predicted molar refractivity (Wildman–Crippen MR) is 176 cm³/mol. The lowest BCUT2D eigenvalue weighted by Crippen LogP contribution is -2.54. The zero-order valence-electron chi connectivity index (χ0n) is 26.0. The van der Waals surface area contributed by atoms with Gasteiger partial charge in [-0.2, -0.15) is 0 Å². The maximum atomic E-state index is 14.0. The second-order valence-corrected chi connectivity index (χ2v) is 11.8. The Labute approximate surface area is 273 Å². The van der Waals surface area contributed by atoms with E-state index in [-0.39, 0.29) is 38.0 Å². The van der Waals surface area contributed by atoms with Crippen LogP contribution in [0, 0.1) is 0 Å². The van der Waals surface area contributed by atoms with Gasteiger partial charge >= 0.3 is 12.1 Å². The lowest BCUT2D eigenvalue weighted by Gasteiger charge is -2.28. The molecule has 47 heavy (non-hydrogen) atoms. The number of esters is 1. The highest BCUT2D eigenvalue weighted by Crippen LogP contribution is 2.44. The Morgan fingerprint density at radius 1 is 0.745 bits per heavy atom. The standard InChI is InChI=1S/C38H37N3O6/c42-35(46-24-27-14-5-2-6-15-27)23-39-36(43)34-20-11-21-41(34)37(44)33(22-26-12-3-1-4-13-26)40-38(45)47-25-32-30-18-9-7-16-28(30)29-17-8-10-19-31(29)32/h1-10,12-19,32-34H,11,20-25H2,(H,39,43)(H,40,45)/t33-,34-/m0/s1. The number of nitrogens with zero attached hydrogens (tertiary/aromatic N) is 1. The first-order chi connectivity index (χ1) is 23.0. The fourth-order valence-corrected chi connectivity index (χ4v) is 6.40. The van der Waals surface area contributed by atoms with Crippen molar-refractivity contribution in [3.8, 4) is 11.1 Å². The summed E-state index contributed by atoms with van der Waals surface area (Å²) in [5.74, 6) is -1.52. The summed E-state index contributed by atoms with van der Waals surface area (Å²) < 4.78 is 11.0. The lowest BCUT2D eigenvalue weighted by molar-refractivity contribution is -0.146. The van der Waals surface area contributed by atoms with Crippen molar-refractivity contribution < 1.29 is 28.7 Å². The van der Waals surface area contributed by atoms with Gasteiger partial charge < -0.3 is 25.0 Å². The normalized spacial score (nSPS) is 15.7. The van der Waals surface area contributed by atoms with Crippen LogP contribution in [0.3, 0.4) is 0 Å². The van der Waals surface area contributed by atoms with Crippen molar-refractivity contribution in [1.82, 2.24) is 15.5 Å². The molecule has 1 aliphatic carbocycles. The molecule has 2 aliphatic rings. The van der Waals surface area contributed by atoms with E-state index in [1.54, 1.807) is 0 Å². The number of fused-ring (bicyclic) bond motifs is 3. The van der Waals surface area contributed by atoms with Crippen LogP contribution in [0.2, 0.25) is 0 Å². The molecule has 240 valence electrons. The number of likely N-dealkylation sites (tertiary alicyclic amines) is 1. The third kappa shape index (κ3) is 7.52. The summed E-state index contributed by atoms with van der Waals surface area (Å²) in [6, 6.07) is 33.1. The van der Waals surface area contributed by atoms with E-state index in [1.165, 1.54) is 4.90 Å². The van der Waals surface area contributed by atoms with Gasteiger partial charge in [-0.1, -0.05) is 109 Å². The second-order valence-electron chi connectivity index (χ2n) is 11.8.